The van der Waals surface area contributed by atoms with Crippen molar-refractivity contribution < 1.29 is 13.9 Å². The summed E-state index contributed by atoms with van der Waals surface area (Å²) in [5.74, 6) is 0.557. The largest absolute Gasteiger partial charge is 0.489 e. The van der Waals surface area contributed by atoms with Crippen molar-refractivity contribution in [3.63, 3.8) is 0 Å². The van der Waals surface area contributed by atoms with Crippen LogP contribution in [0, 0.1) is 5.82 Å². The van der Waals surface area contributed by atoms with E-state index in [1.54, 1.807) is 26.2 Å². The molecule has 0 aromatic heterocycles. The van der Waals surface area contributed by atoms with E-state index in [0.717, 1.165) is 12.0 Å². The highest BCUT2D eigenvalue weighted by Gasteiger charge is 2.11. The van der Waals surface area contributed by atoms with E-state index in [1.807, 2.05) is 13.8 Å². The number of likely N-dealkylation sites (N-methyl/N-ethyl adjacent to an activating group) is 1. The van der Waals surface area contributed by atoms with Crippen LogP contribution in [0.1, 0.15) is 20.3 Å². The molecule has 27 heavy (non-hydrogen) atoms. The van der Waals surface area contributed by atoms with Crippen molar-refractivity contribution in [1.82, 2.24) is 15.5 Å². The van der Waals surface area contributed by atoms with E-state index >= 15 is 0 Å². The average Bonchev–Trinajstić information content (AvgIpc) is 2.59. The summed E-state index contributed by atoms with van der Waals surface area (Å²) in [5, 5.41) is 6.28. The van der Waals surface area contributed by atoms with Crippen LogP contribution >= 0.6 is 24.0 Å². The predicted molar refractivity (Wildman–Crippen MR) is 118 cm³/mol. The number of nitrogens with one attached hydrogen (secondary N) is 2. The first-order valence-corrected chi connectivity index (χ1v) is 8.60. The fourth-order valence-electron chi connectivity index (χ4n) is 1.91. The van der Waals surface area contributed by atoms with Gasteiger partial charge >= 0.3 is 0 Å². The van der Waals surface area contributed by atoms with Gasteiger partial charge in [-0.25, -0.2) is 9.38 Å². The number of carbonyl (C=O) groups excluding carboxylic acids is 1. The smallest absolute Gasteiger partial charge is 0.243 e. The maximum absolute atomic E-state index is 13.3. The Morgan fingerprint density at radius 3 is 2.63 bits per heavy atom. The minimum absolute atomic E-state index is 0. The Hall–Kier alpha value is -1.84. The normalized spacial score (nSPS) is 11.8. The lowest BCUT2D eigenvalue weighted by atomic mass is 10.2. The molecule has 6 nitrogen and oxygen atoms in total. The number of carbonyl (C=O) groups is 1. The van der Waals surface area contributed by atoms with Gasteiger partial charge in [0.25, 0.3) is 0 Å². The van der Waals surface area contributed by atoms with Crippen LogP contribution in [0.5, 0.6) is 5.75 Å². The van der Waals surface area contributed by atoms with E-state index < -0.39 is 0 Å². The van der Waals surface area contributed by atoms with E-state index in [-0.39, 0.29) is 48.3 Å². The van der Waals surface area contributed by atoms with Gasteiger partial charge in [0.1, 0.15) is 24.2 Å². The number of guanidine groups is 1. The second kappa shape index (κ2) is 13.3. The van der Waals surface area contributed by atoms with Crippen LogP contribution in [0.15, 0.2) is 41.4 Å². The number of ether oxygens (including phenoxy) is 1. The second-order valence-corrected chi connectivity index (χ2v) is 6.25. The number of hydrogen-bond donors (Lipinski definition) is 2. The Morgan fingerprint density at radius 2 is 2.07 bits per heavy atom. The van der Waals surface area contributed by atoms with Crippen molar-refractivity contribution in [1.29, 1.82) is 0 Å². The third kappa shape index (κ3) is 10.8. The molecule has 0 bridgehead atoms. The lowest BCUT2D eigenvalue weighted by Crippen LogP contribution is -2.43. The summed E-state index contributed by atoms with van der Waals surface area (Å²) >= 11 is 0. The number of rotatable bonds is 9. The molecule has 0 saturated heterocycles. The Morgan fingerprint density at radius 1 is 1.37 bits per heavy atom. The highest BCUT2D eigenvalue weighted by Crippen LogP contribution is 2.14. The predicted octanol–water partition coefficient (Wildman–Crippen LogP) is 2.80. The zero-order valence-electron chi connectivity index (χ0n) is 16.4. The third-order valence-corrected chi connectivity index (χ3v) is 3.48. The summed E-state index contributed by atoms with van der Waals surface area (Å²) in [5.41, 5.74) is 0.946. The van der Waals surface area contributed by atoms with Gasteiger partial charge < -0.3 is 20.3 Å². The molecule has 2 N–H and O–H groups in total. The molecule has 1 rings (SSSR count). The van der Waals surface area contributed by atoms with Crippen LogP contribution in [-0.4, -0.2) is 56.6 Å². The van der Waals surface area contributed by atoms with Crippen molar-refractivity contribution in [3.05, 3.63) is 42.2 Å². The van der Waals surface area contributed by atoms with Crippen molar-refractivity contribution in [2.24, 2.45) is 4.99 Å². The molecule has 0 heterocycles. The minimum Gasteiger partial charge on any atom is -0.489 e. The van der Waals surface area contributed by atoms with Gasteiger partial charge in [-0.2, -0.15) is 0 Å². The number of nitrogens with zero attached hydrogens (tertiary/aromatic N) is 2. The van der Waals surface area contributed by atoms with Gasteiger partial charge in [0.05, 0.1) is 6.54 Å². The molecule has 0 aliphatic heterocycles. The molecular formula is C19H30FIN4O2. The van der Waals surface area contributed by atoms with E-state index in [0.29, 0.717) is 24.8 Å². The summed E-state index contributed by atoms with van der Waals surface area (Å²) < 4.78 is 19.1. The van der Waals surface area contributed by atoms with Crippen LogP contribution in [0.4, 0.5) is 4.39 Å². The van der Waals surface area contributed by atoms with Crippen LogP contribution in [0.25, 0.3) is 0 Å². The summed E-state index contributed by atoms with van der Waals surface area (Å²) in [4.78, 5) is 17.5. The van der Waals surface area contributed by atoms with E-state index in [1.165, 1.54) is 17.0 Å². The molecule has 1 atom stereocenters. The molecule has 0 aliphatic rings. The highest BCUT2D eigenvalue weighted by atomic mass is 127. The molecule has 1 unspecified atom stereocenters. The number of benzene rings is 1. The molecule has 0 spiro atoms. The molecule has 0 aliphatic carbocycles. The molecule has 1 amide bonds. The quantitative estimate of drug-likeness (QED) is 0.241. The van der Waals surface area contributed by atoms with Gasteiger partial charge in [0.2, 0.25) is 5.91 Å². The molecule has 1 aromatic rings. The van der Waals surface area contributed by atoms with Crippen LogP contribution in [0.2, 0.25) is 0 Å². The van der Waals surface area contributed by atoms with Crippen LogP contribution in [0.3, 0.4) is 0 Å². The summed E-state index contributed by atoms with van der Waals surface area (Å²) in [7, 11) is 3.37. The number of amides is 1. The SMILES string of the molecule is C=C(C)CNC(=NCC(=O)N(C)C)NCC(CC)Oc1cccc(F)c1.I. The Balaban J connectivity index is 0.00000676. The summed E-state index contributed by atoms with van der Waals surface area (Å²) in [6.07, 6.45) is 0.562. The first-order valence-electron chi connectivity index (χ1n) is 8.60. The Bertz CT molecular complexity index is 638. The Labute approximate surface area is 178 Å². The van der Waals surface area contributed by atoms with Crippen molar-refractivity contribution >= 4 is 35.8 Å². The molecule has 8 heteroatoms. The third-order valence-electron chi connectivity index (χ3n) is 3.48. The van der Waals surface area contributed by atoms with E-state index in [4.69, 9.17) is 4.74 Å². The van der Waals surface area contributed by atoms with Crippen LogP contribution < -0.4 is 15.4 Å². The van der Waals surface area contributed by atoms with E-state index in [9.17, 15) is 9.18 Å². The lowest BCUT2D eigenvalue weighted by Gasteiger charge is -2.20. The zero-order valence-corrected chi connectivity index (χ0v) is 18.7. The molecule has 0 fully saturated rings. The zero-order chi connectivity index (χ0) is 19.5. The average molecular weight is 492 g/mol. The molecule has 1 aromatic carbocycles. The van der Waals surface area contributed by atoms with Gasteiger partial charge in [0.15, 0.2) is 5.96 Å². The molecule has 152 valence electrons. The monoisotopic (exact) mass is 492 g/mol. The van der Waals surface area contributed by atoms with Crippen molar-refractivity contribution in [2.45, 2.75) is 26.4 Å². The standard InChI is InChI=1S/C19H29FN4O2.HI/c1-6-16(26-17-9-7-8-15(20)10-17)12-22-19(21-11-14(2)3)23-13-18(25)24(4)5;/h7-10,16H,2,6,11-13H2,1,3-5H3,(H2,21,22,23);1H. The molecular weight excluding hydrogens is 462 g/mol. The topological polar surface area (TPSA) is 66.0 Å². The van der Waals surface area contributed by atoms with Crippen molar-refractivity contribution in [2.75, 3.05) is 33.7 Å². The van der Waals surface area contributed by atoms with Gasteiger partial charge in [-0.15, -0.1) is 24.0 Å². The van der Waals surface area contributed by atoms with E-state index in [2.05, 4.69) is 22.2 Å². The van der Waals surface area contributed by atoms with Gasteiger partial charge in [-0.05, 0) is 25.5 Å². The molecule has 0 saturated carbocycles. The maximum Gasteiger partial charge on any atom is 0.243 e. The maximum atomic E-state index is 13.3. The first-order chi connectivity index (χ1) is 12.3. The summed E-state index contributed by atoms with van der Waals surface area (Å²) in [6.45, 7) is 8.78. The second-order valence-electron chi connectivity index (χ2n) is 6.25. The van der Waals surface area contributed by atoms with Gasteiger partial charge in [-0.1, -0.05) is 25.1 Å². The Kier molecular flexibility index (Phi) is 12.4. The van der Waals surface area contributed by atoms with Crippen LogP contribution in [-0.2, 0) is 4.79 Å². The first kappa shape index (κ1) is 25.2. The lowest BCUT2D eigenvalue weighted by molar-refractivity contribution is -0.127. The number of aliphatic imine (C=N–C) groups is 1. The van der Waals surface area contributed by atoms with Gasteiger partial charge in [-0.3, -0.25) is 4.79 Å². The fraction of sp³-hybridized carbons (Fsp3) is 0.474. The number of hydrogen-bond acceptors (Lipinski definition) is 3. The van der Waals surface area contributed by atoms with Gasteiger partial charge in [0, 0.05) is 26.7 Å². The number of halogens is 2. The fourth-order valence-corrected chi connectivity index (χ4v) is 1.91. The minimum atomic E-state index is -0.335. The molecule has 0 radical (unpaired) electrons. The van der Waals surface area contributed by atoms with Crippen molar-refractivity contribution in [3.8, 4) is 5.75 Å². The summed E-state index contributed by atoms with van der Waals surface area (Å²) in [6, 6.07) is 6.06. The highest BCUT2D eigenvalue weighted by molar-refractivity contribution is 14.0.